The van der Waals surface area contributed by atoms with Crippen molar-refractivity contribution >= 4 is 21.9 Å². The second-order valence-electron chi connectivity index (χ2n) is 2.84. The van der Waals surface area contributed by atoms with Gasteiger partial charge in [0.1, 0.15) is 5.75 Å². The summed E-state index contributed by atoms with van der Waals surface area (Å²) in [6.07, 6.45) is -1.39. The number of halogens is 1. The Bertz CT molecular complexity index is 351. The van der Waals surface area contributed by atoms with Gasteiger partial charge in [0.05, 0.1) is 4.47 Å². The Morgan fingerprint density at radius 1 is 1.50 bits per heavy atom. The summed E-state index contributed by atoms with van der Waals surface area (Å²) in [5, 5.41) is 26.7. The zero-order valence-electron chi connectivity index (χ0n) is 7.14. The molecule has 14 heavy (non-hydrogen) atoms. The number of rotatable bonds is 3. The molecule has 76 valence electrons. The number of carboxylic acids is 1. The largest absolute Gasteiger partial charge is 0.507 e. The first-order valence-electron chi connectivity index (χ1n) is 3.89. The molecule has 0 aliphatic heterocycles. The lowest BCUT2D eigenvalue weighted by molar-refractivity contribution is -0.146. The molecule has 0 aliphatic carbocycles. The predicted molar refractivity (Wildman–Crippen MR) is 53.2 cm³/mol. The normalized spacial score (nSPS) is 12.4. The van der Waals surface area contributed by atoms with Crippen molar-refractivity contribution in [1.82, 2.24) is 0 Å². The maximum atomic E-state index is 10.3. The fourth-order valence-corrected chi connectivity index (χ4v) is 1.41. The van der Waals surface area contributed by atoms with Crippen LogP contribution in [0.1, 0.15) is 5.56 Å². The third kappa shape index (κ3) is 2.71. The van der Waals surface area contributed by atoms with Gasteiger partial charge in [0, 0.05) is 6.42 Å². The standard InChI is InChI=1S/C9H9BrO4/c10-6-3-5(1-2-7(6)11)4-8(12)9(13)14/h1-3,8,11-12H,4H2,(H,13,14)/t8-/m0/s1. The predicted octanol–water partition coefficient (Wildman–Crippen LogP) is 1.14. The van der Waals surface area contributed by atoms with E-state index in [1.165, 1.54) is 6.07 Å². The lowest BCUT2D eigenvalue weighted by Gasteiger charge is -2.06. The van der Waals surface area contributed by atoms with Crippen LogP contribution in [-0.2, 0) is 11.2 Å². The van der Waals surface area contributed by atoms with E-state index in [1.54, 1.807) is 12.1 Å². The third-order valence-electron chi connectivity index (χ3n) is 1.73. The number of hydrogen-bond donors (Lipinski definition) is 3. The van der Waals surface area contributed by atoms with Crippen LogP contribution in [0.15, 0.2) is 22.7 Å². The Hall–Kier alpha value is -1.07. The van der Waals surface area contributed by atoms with Gasteiger partial charge in [0.2, 0.25) is 0 Å². The van der Waals surface area contributed by atoms with E-state index in [-0.39, 0.29) is 12.2 Å². The second-order valence-corrected chi connectivity index (χ2v) is 3.70. The molecule has 0 saturated heterocycles. The highest BCUT2D eigenvalue weighted by Gasteiger charge is 2.14. The molecule has 0 heterocycles. The number of hydrogen-bond acceptors (Lipinski definition) is 3. The summed E-state index contributed by atoms with van der Waals surface area (Å²) >= 11 is 3.09. The monoisotopic (exact) mass is 260 g/mol. The van der Waals surface area contributed by atoms with Crippen LogP contribution in [-0.4, -0.2) is 27.4 Å². The average molecular weight is 261 g/mol. The van der Waals surface area contributed by atoms with E-state index in [9.17, 15) is 4.79 Å². The molecule has 3 N–H and O–H groups in total. The SMILES string of the molecule is O=C(O)[C@@H](O)Cc1ccc(O)c(Br)c1. The molecule has 4 nitrogen and oxygen atoms in total. The Morgan fingerprint density at radius 2 is 2.14 bits per heavy atom. The molecule has 1 aromatic rings. The molecule has 0 bridgehead atoms. The van der Waals surface area contributed by atoms with Crippen molar-refractivity contribution in [2.75, 3.05) is 0 Å². The number of aromatic hydroxyl groups is 1. The van der Waals surface area contributed by atoms with Crippen LogP contribution in [0.4, 0.5) is 0 Å². The summed E-state index contributed by atoms with van der Waals surface area (Å²) < 4.78 is 0.479. The summed E-state index contributed by atoms with van der Waals surface area (Å²) in [5.41, 5.74) is 0.643. The third-order valence-corrected chi connectivity index (χ3v) is 2.36. The molecular weight excluding hydrogens is 252 g/mol. The van der Waals surface area contributed by atoms with Gasteiger partial charge in [0.15, 0.2) is 6.10 Å². The molecule has 0 aromatic heterocycles. The molecule has 0 aliphatic rings. The first kappa shape index (κ1) is 11.0. The van der Waals surface area contributed by atoms with Gasteiger partial charge >= 0.3 is 5.97 Å². The Morgan fingerprint density at radius 3 is 2.64 bits per heavy atom. The van der Waals surface area contributed by atoms with Gasteiger partial charge in [-0.15, -0.1) is 0 Å². The summed E-state index contributed by atoms with van der Waals surface area (Å²) in [5.74, 6) is -1.17. The van der Waals surface area contributed by atoms with Crippen molar-refractivity contribution in [2.24, 2.45) is 0 Å². The van der Waals surface area contributed by atoms with Crippen LogP contribution < -0.4 is 0 Å². The summed E-state index contributed by atoms with van der Waals surface area (Å²) in [4.78, 5) is 10.3. The lowest BCUT2D eigenvalue weighted by Crippen LogP contribution is -2.21. The molecular formula is C9H9BrO4. The first-order valence-corrected chi connectivity index (χ1v) is 4.68. The molecule has 0 radical (unpaired) electrons. The van der Waals surface area contributed by atoms with Crippen molar-refractivity contribution in [2.45, 2.75) is 12.5 Å². The number of phenolic OH excluding ortho intramolecular Hbond substituents is 1. The van der Waals surface area contributed by atoms with Crippen LogP contribution in [0.5, 0.6) is 5.75 Å². The second kappa shape index (κ2) is 4.43. The zero-order chi connectivity index (χ0) is 10.7. The van der Waals surface area contributed by atoms with E-state index in [0.29, 0.717) is 10.0 Å². The van der Waals surface area contributed by atoms with E-state index in [0.717, 1.165) is 0 Å². The lowest BCUT2D eigenvalue weighted by atomic mass is 10.1. The summed E-state index contributed by atoms with van der Waals surface area (Å²) in [6, 6.07) is 4.57. The van der Waals surface area contributed by atoms with Gasteiger partial charge in [-0.25, -0.2) is 4.79 Å². The average Bonchev–Trinajstić information content (AvgIpc) is 2.11. The molecule has 0 spiro atoms. The van der Waals surface area contributed by atoms with Gasteiger partial charge in [0.25, 0.3) is 0 Å². The zero-order valence-corrected chi connectivity index (χ0v) is 8.73. The highest BCUT2D eigenvalue weighted by atomic mass is 79.9. The topological polar surface area (TPSA) is 77.8 Å². The molecule has 0 unspecified atom stereocenters. The number of aliphatic hydroxyl groups excluding tert-OH is 1. The van der Waals surface area contributed by atoms with Gasteiger partial charge < -0.3 is 15.3 Å². The Kier molecular flexibility index (Phi) is 3.49. The number of aliphatic carboxylic acids is 1. The number of carboxylic acid groups (broad SMARTS) is 1. The molecule has 0 saturated carbocycles. The number of benzene rings is 1. The van der Waals surface area contributed by atoms with Crippen molar-refractivity contribution in [1.29, 1.82) is 0 Å². The number of carbonyl (C=O) groups is 1. The van der Waals surface area contributed by atoms with Crippen molar-refractivity contribution in [3.05, 3.63) is 28.2 Å². The van der Waals surface area contributed by atoms with E-state index in [4.69, 9.17) is 15.3 Å². The van der Waals surface area contributed by atoms with Crippen LogP contribution in [0, 0.1) is 0 Å². The van der Waals surface area contributed by atoms with Gasteiger partial charge in [-0.05, 0) is 33.6 Å². The van der Waals surface area contributed by atoms with Gasteiger partial charge in [-0.2, -0.15) is 0 Å². The van der Waals surface area contributed by atoms with E-state index in [1.807, 2.05) is 0 Å². The fourth-order valence-electron chi connectivity index (χ4n) is 0.988. The van der Waals surface area contributed by atoms with Crippen molar-refractivity contribution in [3.8, 4) is 5.75 Å². The Balaban J connectivity index is 2.78. The minimum absolute atomic E-state index is 0.0220. The fraction of sp³-hybridized carbons (Fsp3) is 0.222. The van der Waals surface area contributed by atoms with Crippen molar-refractivity contribution in [3.63, 3.8) is 0 Å². The minimum Gasteiger partial charge on any atom is -0.507 e. The van der Waals surface area contributed by atoms with Crippen LogP contribution >= 0.6 is 15.9 Å². The van der Waals surface area contributed by atoms with E-state index < -0.39 is 12.1 Å². The minimum atomic E-state index is -1.41. The molecule has 0 amide bonds. The van der Waals surface area contributed by atoms with Crippen LogP contribution in [0.25, 0.3) is 0 Å². The smallest absolute Gasteiger partial charge is 0.332 e. The molecule has 5 heteroatoms. The molecule has 0 fully saturated rings. The molecule has 1 aromatic carbocycles. The Labute approximate surface area is 88.9 Å². The van der Waals surface area contributed by atoms with Crippen LogP contribution in [0.2, 0.25) is 0 Å². The number of phenols is 1. The maximum absolute atomic E-state index is 10.3. The summed E-state index contributed by atoms with van der Waals surface area (Å²) in [7, 11) is 0. The summed E-state index contributed by atoms with van der Waals surface area (Å²) in [6.45, 7) is 0. The van der Waals surface area contributed by atoms with E-state index in [2.05, 4.69) is 15.9 Å². The quantitative estimate of drug-likeness (QED) is 0.762. The highest BCUT2D eigenvalue weighted by molar-refractivity contribution is 9.10. The maximum Gasteiger partial charge on any atom is 0.332 e. The van der Waals surface area contributed by atoms with Crippen LogP contribution in [0.3, 0.4) is 0 Å². The number of aliphatic hydroxyl groups is 1. The van der Waals surface area contributed by atoms with Gasteiger partial charge in [-0.3, -0.25) is 0 Å². The van der Waals surface area contributed by atoms with Gasteiger partial charge in [-0.1, -0.05) is 6.07 Å². The molecule has 1 rings (SSSR count). The van der Waals surface area contributed by atoms with E-state index >= 15 is 0 Å². The highest BCUT2D eigenvalue weighted by Crippen LogP contribution is 2.24. The van der Waals surface area contributed by atoms with Crippen molar-refractivity contribution < 1.29 is 20.1 Å². The first-order chi connectivity index (χ1) is 6.50. The molecule has 1 atom stereocenters.